The van der Waals surface area contributed by atoms with Gasteiger partial charge in [0.05, 0.1) is 0 Å². The first-order chi connectivity index (χ1) is 11.3. The third-order valence-electron chi connectivity index (χ3n) is 4.19. The number of amides is 3. The maximum Gasteiger partial charge on any atom is 0.319 e. The molecule has 1 aliphatic heterocycles. The van der Waals surface area contributed by atoms with Crippen LogP contribution in [0, 0.1) is 5.82 Å². The van der Waals surface area contributed by atoms with E-state index in [0.29, 0.717) is 31.7 Å². The van der Waals surface area contributed by atoms with E-state index in [0.717, 1.165) is 0 Å². The number of hydrogen-bond acceptors (Lipinski definition) is 3. The molecule has 1 saturated heterocycles. The van der Waals surface area contributed by atoms with Crippen LogP contribution in [0.15, 0.2) is 24.3 Å². The zero-order valence-electron chi connectivity index (χ0n) is 14.7. The fourth-order valence-corrected chi connectivity index (χ4v) is 2.90. The Hall–Kier alpha value is -2.15. The molecule has 0 saturated carbocycles. The van der Waals surface area contributed by atoms with Gasteiger partial charge >= 0.3 is 6.03 Å². The average Bonchev–Trinajstić information content (AvgIpc) is 2.55. The third-order valence-corrected chi connectivity index (χ3v) is 4.19. The number of halogens is 1. The van der Waals surface area contributed by atoms with Gasteiger partial charge in [-0.2, -0.15) is 0 Å². The average molecular weight is 336 g/mol. The van der Waals surface area contributed by atoms with Gasteiger partial charge in [-0.3, -0.25) is 9.69 Å². The van der Waals surface area contributed by atoms with Crippen LogP contribution in [0.2, 0.25) is 0 Å². The van der Waals surface area contributed by atoms with Crippen molar-refractivity contribution in [2.75, 3.05) is 54.4 Å². The van der Waals surface area contributed by atoms with Gasteiger partial charge in [-0.1, -0.05) is 18.2 Å². The molecule has 1 heterocycles. The van der Waals surface area contributed by atoms with Crippen molar-refractivity contribution in [3.05, 3.63) is 35.6 Å². The van der Waals surface area contributed by atoms with E-state index in [9.17, 15) is 14.0 Å². The van der Waals surface area contributed by atoms with Crippen molar-refractivity contribution in [1.29, 1.82) is 0 Å². The summed E-state index contributed by atoms with van der Waals surface area (Å²) in [7, 11) is 6.95. The Bertz CT molecular complexity index is 598. The summed E-state index contributed by atoms with van der Waals surface area (Å²) in [5.41, 5.74) is 0.374. The van der Waals surface area contributed by atoms with Gasteiger partial charge in [0.2, 0.25) is 5.91 Å². The molecule has 1 aromatic rings. The fourth-order valence-electron chi connectivity index (χ4n) is 2.90. The highest BCUT2D eigenvalue weighted by molar-refractivity contribution is 5.84. The van der Waals surface area contributed by atoms with E-state index in [1.807, 2.05) is 0 Å². The number of hydrogen-bond donors (Lipinski definition) is 0. The van der Waals surface area contributed by atoms with Crippen LogP contribution in [-0.2, 0) is 4.79 Å². The van der Waals surface area contributed by atoms with Gasteiger partial charge < -0.3 is 14.7 Å². The molecule has 0 N–H and O–H groups in total. The summed E-state index contributed by atoms with van der Waals surface area (Å²) in [5, 5.41) is 0. The first kappa shape index (κ1) is 18.2. The predicted octanol–water partition coefficient (Wildman–Crippen LogP) is 1.25. The maximum atomic E-state index is 14.1. The Labute approximate surface area is 142 Å². The van der Waals surface area contributed by atoms with Crippen LogP contribution in [0.5, 0.6) is 0 Å². The summed E-state index contributed by atoms with van der Waals surface area (Å²) in [5.74, 6) is -0.520. The minimum absolute atomic E-state index is 0.0552. The molecule has 0 bridgehead atoms. The van der Waals surface area contributed by atoms with E-state index in [-0.39, 0.29) is 17.8 Å². The number of carbonyl (C=O) groups is 2. The lowest BCUT2D eigenvalue weighted by Gasteiger charge is -2.38. The molecule has 2 rings (SSSR count). The summed E-state index contributed by atoms with van der Waals surface area (Å²) in [6.45, 7) is 1.88. The van der Waals surface area contributed by atoms with E-state index >= 15 is 0 Å². The van der Waals surface area contributed by atoms with Gasteiger partial charge in [0.25, 0.3) is 0 Å². The van der Waals surface area contributed by atoms with Gasteiger partial charge in [0, 0.05) is 45.8 Å². The highest BCUT2D eigenvalue weighted by Crippen LogP contribution is 2.24. The molecule has 0 spiro atoms. The Morgan fingerprint density at radius 2 is 1.54 bits per heavy atom. The molecular formula is C17H25FN4O2. The van der Waals surface area contributed by atoms with Crippen LogP contribution in [0.25, 0.3) is 0 Å². The molecule has 24 heavy (non-hydrogen) atoms. The number of carbonyl (C=O) groups excluding carboxylic acids is 2. The van der Waals surface area contributed by atoms with Crippen molar-refractivity contribution in [2.24, 2.45) is 0 Å². The SMILES string of the molecule is CN(C)C(=O)N1CCN(C(=O)C(c2ccccc2F)N(C)C)CC1. The zero-order chi connectivity index (χ0) is 17.9. The van der Waals surface area contributed by atoms with Crippen molar-refractivity contribution < 1.29 is 14.0 Å². The highest BCUT2D eigenvalue weighted by atomic mass is 19.1. The molecule has 0 aliphatic carbocycles. The fraction of sp³-hybridized carbons (Fsp3) is 0.529. The van der Waals surface area contributed by atoms with Crippen molar-refractivity contribution >= 4 is 11.9 Å². The number of urea groups is 1. The molecule has 1 aliphatic rings. The molecule has 1 atom stereocenters. The Balaban J connectivity index is 2.10. The summed E-state index contributed by atoms with van der Waals surface area (Å²) in [6, 6.07) is 5.64. The highest BCUT2D eigenvalue weighted by Gasteiger charge is 2.32. The van der Waals surface area contributed by atoms with Crippen molar-refractivity contribution in [1.82, 2.24) is 19.6 Å². The molecule has 3 amide bonds. The van der Waals surface area contributed by atoms with Crippen molar-refractivity contribution in [3.63, 3.8) is 0 Å². The van der Waals surface area contributed by atoms with Crippen molar-refractivity contribution in [2.45, 2.75) is 6.04 Å². The molecule has 6 nitrogen and oxygen atoms in total. The minimum atomic E-state index is -0.665. The Morgan fingerprint density at radius 3 is 2.04 bits per heavy atom. The van der Waals surface area contributed by atoms with Crippen LogP contribution in [0.3, 0.4) is 0 Å². The van der Waals surface area contributed by atoms with Crippen LogP contribution in [0.4, 0.5) is 9.18 Å². The second-order valence-corrected chi connectivity index (χ2v) is 6.38. The van der Waals surface area contributed by atoms with Crippen LogP contribution >= 0.6 is 0 Å². The minimum Gasteiger partial charge on any atom is -0.337 e. The predicted molar refractivity (Wildman–Crippen MR) is 90.1 cm³/mol. The van der Waals surface area contributed by atoms with E-state index in [2.05, 4.69) is 0 Å². The Morgan fingerprint density at radius 1 is 1.00 bits per heavy atom. The van der Waals surface area contributed by atoms with E-state index in [1.165, 1.54) is 11.0 Å². The number of benzene rings is 1. The number of piperazine rings is 1. The molecule has 1 unspecified atom stereocenters. The summed E-state index contributed by atoms with van der Waals surface area (Å²) >= 11 is 0. The van der Waals surface area contributed by atoms with Crippen LogP contribution < -0.4 is 0 Å². The standard InChI is InChI=1S/C17H25FN4O2/c1-19(2)15(13-7-5-6-8-14(13)18)16(23)21-9-11-22(12-10-21)17(24)20(3)4/h5-8,15H,9-12H2,1-4H3. The number of likely N-dealkylation sites (N-methyl/N-ethyl adjacent to an activating group) is 1. The zero-order valence-corrected chi connectivity index (χ0v) is 14.7. The third kappa shape index (κ3) is 3.84. The lowest BCUT2D eigenvalue weighted by molar-refractivity contribution is -0.138. The van der Waals surface area contributed by atoms with Gasteiger partial charge in [-0.15, -0.1) is 0 Å². The smallest absolute Gasteiger partial charge is 0.319 e. The van der Waals surface area contributed by atoms with Crippen LogP contribution in [0.1, 0.15) is 11.6 Å². The van der Waals surface area contributed by atoms with Crippen molar-refractivity contribution in [3.8, 4) is 0 Å². The lowest BCUT2D eigenvalue weighted by Crippen LogP contribution is -2.54. The second kappa shape index (κ2) is 7.61. The molecule has 0 aromatic heterocycles. The van der Waals surface area contributed by atoms with E-state index < -0.39 is 6.04 Å². The van der Waals surface area contributed by atoms with Gasteiger partial charge in [0.1, 0.15) is 11.9 Å². The molecule has 1 aromatic carbocycles. The Kier molecular flexibility index (Phi) is 5.77. The quantitative estimate of drug-likeness (QED) is 0.835. The molecule has 0 radical (unpaired) electrons. The number of nitrogens with zero attached hydrogens (tertiary/aromatic N) is 4. The summed E-state index contributed by atoms with van der Waals surface area (Å²) in [6.07, 6.45) is 0. The second-order valence-electron chi connectivity index (χ2n) is 6.38. The maximum absolute atomic E-state index is 14.1. The summed E-state index contributed by atoms with van der Waals surface area (Å²) in [4.78, 5) is 31.6. The largest absolute Gasteiger partial charge is 0.337 e. The molecular weight excluding hydrogens is 311 g/mol. The lowest BCUT2D eigenvalue weighted by atomic mass is 10.0. The van der Waals surface area contributed by atoms with Gasteiger partial charge in [-0.05, 0) is 20.2 Å². The summed E-state index contributed by atoms with van der Waals surface area (Å²) < 4.78 is 14.1. The van der Waals surface area contributed by atoms with Crippen LogP contribution in [-0.4, -0.2) is 85.9 Å². The number of rotatable bonds is 3. The van der Waals surface area contributed by atoms with E-state index in [4.69, 9.17) is 0 Å². The molecule has 7 heteroatoms. The topological polar surface area (TPSA) is 47.1 Å². The van der Waals surface area contributed by atoms with E-state index in [1.54, 1.807) is 61.1 Å². The van der Waals surface area contributed by atoms with Gasteiger partial charge in [-0.25, -0.2) is 9.18 Å². The molecule has 132 valence electrons. The normalized spacial score (nSPS) is 16.2. The monoisotopic (exact) mass is 336 g/mol. The molecule has 1 fully saturated rings. The first-order valence-corrected chi connectivity index (χ1v) is 7.98. The first-order valence-electron chi connectivity index (χ1n) is 7.98. The van der Waals surface area contributed by atoms with Gasteiger partial charge in [0.15, 0.2) is 0 Å².